The molecule has 5 nitrogen and oxygen atoms in total. The third-order valence-electron chi connectivity index (χ3n) is 4.74. The Morgan fingerprint density at radius 1 is 1.32 bits per heavy atom. The Hall–Kier alpha value is -0.950. The lowest BCUT2D eigenvalue weighted by molar-refractivity contribution is 0.264. The average molecular weight is 323 g/mol. The van der Waals surface area contributed by atoms with Crippen LogP contribution in [-0.2, 0) is 16.6 Å². The van der Waals surface area contributed by atoms with Crippen LogP contribution in [0.3, 0.4) is 0 Å². The molecule has 2 atom stereocenters. The van der Waals surface area contributed by atoms with Gasteiger partial charge in [0.25, 0.3) is 10.2 Å². The summed E-state index contributed by atoms with van der Waals surface area (Å²) in [4.78, 5) is 0. The summed E-state index contributed by atoms with van der Waals surface area (Å²) in [6, 6.07) is 8.42. The molecule has 6 heteroatoms. The molecule has 1 aromatic carbocycles. The summed E-state index contributed by atoms with van der Waals surface area (Å²) in [7, 11) is -3.39. The second kappa shape index (κ2) is 6.66. The molecular formula is C16H25N3O2S. The van der Waals surface area contributed by atoms with Crippen LogP contribution in [0.1, 0.15) is 43.4 Å². The molecule has 0 amide bonds. The van der Waals surface area contributed by atoms with Crippen LogP contribution in [0.25, 0.3) is 0 Å². The maximum Gasteiger partial charge on any atom is 0.279 e. The van der Waals surface area contributed by atoms with Gasteiger partial charge in [0.1, 0.15) is 0 Å². The largest absolute Gasteiger partial charge is 0.308 e. The molecular weight excluding hydrogens is 298 g/mol. The van der Waals surface area contributed by atoms with Crippen LogP contribution in [0, 0.1) is 0 Å². The smallest absolute Gasteiger partial charge is 0.279 e. The summed E-state index contributed by atoms with van der Waals surface area (Å²) in [5.41, 5.74) is 2.53. The molecule has 2 unspecified atom stereocenters. The molecule has 2 heterocycles. The topological polar surface area (TPSA) is 61.4 Å². The minimum atomic E-state index is -3.39. The maximum atomic E-state index is 12.5. The SMILES string of the molecule is CC1CCCCN1S(=O)(=O)NCC1NCCc2ccccc21. The molecule has 2 aliphatic heterocycles. The van der Waals surface area contributed by atoms with Gasteiger partial charge in [0.2, 0.25) is 0 Å². The molecule has 2 aliphatic rings. The molecule has 0 bridgehead atoms. The highest BCUT2D eigenvalue weighted by molar-refractivity contribution is 7.87. The molecule has 122 valence electrons. The zero-order valence-corrected chi connectivity index (χ0v) is 13.9. The lowest BCUT2D eigenvalue weighted by Crippen LogP contribution is -2.49. The van der Waals surface area contributed by atoms with Crippen LogP contribution < -0.4 is 10.0 Å². The Kier molecular flexibility index (Phi) is 4.82. The summed E-state index contributed by atoms with van der Waals surface area (Å²) in [6.45, 7) is 3.92. The van der Waals surface area contributed by atoms with Crippen molar-refractivity contribution in [2.24, 2.45) is 0 Å². The number of piperidine rings is 1. The predicted octanol–water partition coefficient (Wildman–Crippen LogP) is 1.58. The van der Waals surface area contributed by atoms with E-state index in [1.165, 1.54) is 11.1 Å². The molecule has 1 saturated heterocycles. The van der Waals surface area contributed by atoms with Crippen LogP contribution in [0.2, 0.25) is 0 Å². The van der Waals surface area contributed by atoms with Crippen molar-refractivity contribution in [3.63, 3.8) is 0 Å². The van der Waals surface area contributed by atoms with Crippen molar-refractivity contribution < 1.29 is 8.42 Å². The number of hydrogen-bond acceptors (Lipinski definition) is 3. The Morgan fingerprint density at radius 3 is 2.95 bits per heavy atom. The number of rotatable bonds is 4. The van der Waals surface area contributed by atoms with E-state index in [-0.39, 0.29) is 12.1 Å². The number of fused-ring (bicyclic) bond motifs is 1. The summed E-state index contributed by atoms with van der Waals surface area (Å²) >= 11 is 0. The van der Waals surface area contributed by atoms with E-state index in [0.717, 1.165) is 32.2 Å². The summed E-state index contributed by atoms with van der Waals surface area (Å²) in [5, 5.41) is 3.42. The van der Waals surface area contributed by atoms with Crippen molar-refractivity contribution in [1.29, 1.82) is 0 Å². The third-order valence-corrected chi connectivity index (χ3v) is 6.43. The number of nitrogens with zero attached hydrogens (tertiary/aromatic N) is 1. The van der Waals surface area contributed by atoms with Gasteiger partial charge >= 0.3 is 0 Å². The highest BCUT2D eigenvalue weighted by atomic mass is 32.2. The highest BCUT2D eigenvalue weighted by Crippen LogP contribution is 2.23. The Bertz CT molecular complexity index is 618. The monoisotopic (exact) mass is 323 g/mol. The maximum absolute atomic E-state index is 12.5. The van der Waals surface area contributed by atoms with E-state index in [1.54, 1.807) is 4.31 Å². The van der Waals surface area contributed by atoms with Crippen LogP contribution in [-0.4, -0.2) is 38.4 Å². The van der Waals surface area contributed by atoms with Crippen molar-refractivity contribution in [1.82, 2.24) is 14.3 Å². The van der Waals surface area contributed by atoms with Gasteiger partial charge < -0.3 is 5.32 Å². The molecule has 22 heavy (non-hydrogen) atoms. The van der Waals surface area contributed by atoms with E-state index in [4.69, 9.17) is 0 Å². The van der Waals surface area contributed by atoms with Gasteiger partial charge in [0.05, 0.1) is 0 Å². The summed E-state index contributed by atoms with van der Waals surface area (Å²) < 4.78 is 29.5. The summed E-state index contributed by atoms with van der Waals surface area (Å²) in [5.74, 6) is 0. The van der Waals surface area contributed by atoms with Crippen LogP contribution in [0.15, 0.2) is 24.3 Å². The summed E-state index contributed by atoms with van der Waals surface area (Å²) in [6.07, 6.45) is 4.02. The van der Waals surface area contributed by atoms with Gasteiger partial charge in [-0.15, -0.1) is 0 Å². The van der Waals surface area contributed by atoms with Gasteiger partial charge in [-0.3, -0.25) is 0 Å². The van der Waals surface area contributed by atoms with Crippen molar-refractivity contribution in [3.8, 4) is 0 Å². The lowest BCUT2D eigenvalue weighted by Gasteiger charge is -2.33. The fourth-order valence-electron chi connectivity index (χ4n) is 3.48. The van der Waals surface area contributed by atoms with Crippen molar-refractivity contribution in [2.75, 3.05) is 19.6 Å². The Labute approximate surface area is 133 Å². The average Bonchev–Trinajstić information content (AvgIpc) is 2.53. The molecule has 3 rings (SSSR count). The third kappa shape index (κ3) is 3.35. The van der Waals surface area contributed by atoms with Gasteiger partial charge in [0.15, 0.2) is 0 Å². The molecule has 1 fully saturated rings. The second-order valence-corrected chi connectivity index (χ2v) is 7.97. The first kappa shape index (κ1) is 15.9. The van der Waals surface area contributed by atoms with E-state index in [2.05, 4.69) is 22.2 Å². The van der Waals surface area contributed by atoms with Crippen LogP contribution in [0.4, 0.5) is 0 Å². The fourth-order valence-corrected chi connectivity index (χ4v) is 4.97. The molecule has 0 spiro atoms. The first-order valence-electron chi connectivity index (χ1n) is 8.15. The van der Waals surface area contributed by atoms with Crippen LogP contribution >= 0.6 is 0 Å². The fraction of sp³-hybridized carbons (Fsp3) is 0.625. The number of nitrogens with one attached hydrogen (secondary N) is 2. The van der Waals surface area contributed by atoms with E-state index in [9.17, 15) is 8.42 Å². The molecule has 0 saturated carbocycles. The molecule has 0 aromatic heterocycles. The molecule has 2 N–H and O–H groups in total. The van der Waals surface area contributed by atoms with E-state index < -0.39 is 10.2 Å². The standard InChI is InChI=1S/C16H25N3O2S/c1-13-6-4-5-11-19(13)22(20,21)18-12-16-15-8-3-2-7-14(15)9-10-17-16/h2-3,7-8,13,16-18H,4-6,9-12H2,1H3. The van der Waals surface area contributed by atoms with E-state index in [1.807, 2.05) is 19.1 Å². The number of hydrogen-bond donors (Lipinski definition) is 2. The normalized spacial score (nSPS) is 26.6. The quantitative estimate of drug-likeness (QED) is 0.884. The van der Waals surface area contributed by atoms with E-state index >= 15 is 0 Å². The lowest BCUT2D eigenvalue weighted by atomic mass is 9.95. The van der Waals surface area contributed by atoms with Crippen molar-refractivity contribution in [2.45, 2.75) is 44.7 Å². The van der Waals surface area contributed by atoms with E-state index in [0.29, 0.717) is 13.1 Å². The molecule has 1 aromatic rings. The molecule has 0 radical (unpaired) electrons. The Morgan fingerprint density at radius 2 is 2.14 bits per heavy atom. The minimum Gasteiger partial charge on any atom is -0.308 e. The first-order chi connectivity index (χ1) is 10.6. The van der Waals surface area contributed by atoms with Crippen molar-refractivity contribution in [3.05, 3.63) is 35.4 Å². The first-order valence-corrected chi connectivity index (χ1v) is 9.59. The van der Waals surface area contributed by atoms with Gasteiger partial charge in [-0.1, -0.05) is 30.7 Å². The predicted molar refractivity (Wildman–Crippen MR) is 87.8 cm³/mol. The van der Waals surface area contributed by atoms with Gasteiger partial charge in [0, 0.05) is 25.2 Å². The van der Waals surface area contributed by atoms with Gasteiger partial charge in [-0.05, 0) is 43.9 Å². The minimum absolute atomic E-state index is 0.0554. The van der Waals surface area contributed by atoms with Crippen LogP contribution in [0.5, 0.6) is 0 Å². The van der Waals surface area contributed by atoms with Gasteiger partial charge in [-0.2, -0.15) is 12.7 Å². The molecule has 0 aliphatic carbocycles. The van der Waals surface area contributed by atoms with Crippen molar-refractivity contribution >= 4 is 10.2 Å². The highest BCUT2D eigenvalue weighted by Gasteiger charge is 2.30. The zero-order valence-electron chi connectivity index (χ0n) is 13.1. The second-order valence-electron chi connectivity index (χ2n) is 6.26. The number of benzene rings is 1. The zero-order chi connectivity index (χ0) is 15.6. The Balaban J connectivity index is 1.67. The van der Waals surface area contributed by atoms with Gasteiger partial charge in [-0.25, -0.2) is 4.72 Å².